The number of hydrogen-bond acceptors (Lipinski definition) is 5. The van der Waals surface area contributed by atoms with Gasteiger partial charge in [0.2, 0.25) is 0 Å². The maximum Gasteiger partial charge on any atom is 0.337 e. The van der Waals surface area contributed by atoms with Gasteiger partial charge in [-0.15, -0.1) is 0 Å². The van der Waals surface area contributed by atoms with Crippen LogP contribution in [0.5, 0.6) is 11.5 Å². The SMILES string of the molecule is COC(=O)c1ccc(OCc2cc(Cl)cc3c2OCOC3)c(Br)c1. The third-order valence-corrected chi connectivity index (χ3v) is 4.33. The average molecular weight is 414 g/mol. The molecule has 2 aromatic rings. The second kappa shape index (κ2) is 7.42. The number of fused-ring (bicyclic) bond motifs is 1. The van der Waals surface area contributed by atoms with Gasteiger partial charge in [-0.2, -0.15) is 0 Å². The molecule has 0 fully saturated rings. The summed E-state index contributed by atoms with van der Waals surface area (Å²) in [5.41, 5.74) is 2.18. The maximum absolute atomic E-state index is 11.5. The lowest BCUT2D eigenvalue weighted by molar-refractivity contribution is -0.0175. The molecule has 1 aliphatic heterocycles. The highest BCUT2D eigenvalue weighted by molar-refractivity contribution is 9.10. The van der Waals surface area contributed by atoms with Crippen LogP contribution >= 0.6 is 27.5 Å². The molecule has 1 heterocycles. The van der Waals surface area contributed by atoms with Crippen molar-refractivity contribution in [2.24, 2.45) is 0 Å². The zero-order valence-corrected chi connectivity index (χ0v) is 15.1. The number of carbonyl (C=O) groups excluding carboxylic acids is 1. The summed E-state index contributed by atoms with van der Waals surface area (Å²) in [5.74, 6) is 0.941. The van der Waals surface area contributed by atoms with Crippen LogP contribution < -0.4 is 9.47 Å². The number of halogens is 2. The first-order valence-electron chi connectivity index (χ1n) is 7.11. The van der Waals surface area contributed by atoms with Gasteiger partial charge < -0.3 is 18.9 Å². The minimum Gasteiger partial charge on any atom is -0.488 e. The Balaban J connectivity index is 1.79. The lowest BCUT2D eigenvalue weighted by atomic mass is 10.1. The second-order valence-corrected chi connectivity index (χ2v) is 6.38. The van der Waals surface area contributed by atoms with E-state index in [1.807, 2.05) is 12.1 Å². The number of ether oxygens (including phenoxy) is 4. The quantitative estimate of drug-likeness (QED) is 0.698. The molecule has 0 amide bonds. The van der Waals surface area contributed by atoms with Gasteiger partial charge in [-0.25, -0.2) is 4.79 Å². The third-order valence-electron chi connectivity index (χ3n) is 3.49. The molecule has 5 nitrogen and oxygen atoms in total. The largest absolute Gasteiger partial charge is 0.488 e. The minimum absolute atomic E-state index is 0.207. The Hall–Kier alpha value is -1.76. The van der Waals surface area contributed by atoms with Gasteiger partial charge in [0.05, 0.1) is 23.8 Å². The van der Waals surface area contributed by atoms with Crippen molar-refractivity contribution in [1.29, 1.82) is 0 Å². The lowest BCUT2D eigenvalue weighted by Crippen LogP contribution is -2.14. The summed E-state index contributed by atoms with van der Waals surface area (Å²) >= 11 is 9.54. The number of rotatable bonds is 4. The van der Waals surface area contributed by atoms with Gasteiger partial charge in [0.1, 0.15) is 18.1 Å². The van der Waals surface area contributed by atoms with Crippen LogP contribution in [0.1, 0.15) is 21.5 Å². The van der Waals surface area contributed by atoms with E-state index in [9.17, 15) is 4.79 Å². The van der Waals surface area contributed by atoms with Crippen molar-refractivity contribution in [1.82, 2.24) is 0 Å². The van der Waals surface area contributed by atoms with Crippen molar-refractivity contribution in [3.63, 3.8) is 0 Å². The molecule has 3 rings (SSSR count). The molecule has 1 aliphatic rings. The molecule has 0 unspecified atom stereocenters. The Morgan fingerprint density at radius 1 is 1.33 bits per heavy atom. The third kappa shape index (κ3) is 3.66. The first-order chi connectivity index (χ1) is 11.6. The van der Waals surface area contributed by atoms with E-state index in [4.69, 9.17) is 30.5 Å². The second-order valence-electron chi connectivity index (χ2n) is 5.09. The van der Waals surface area contributed by atoms with Crippen molar-refractivity contribution in [3.05, 3.63) is 56.5 Å². The predicted molar refractivity (Wildman–Crippen MR) is 91.5 cm³/mol. The van der Waals surface area contributed by atoms with Gasteiger partial charge in [-0.05, 0) is 46.3 Å². The molecule has 0 radical (unpaired) electrons. The molecule has 0 aromatic heterocycles. The van der Waals surface area contributed by atoms with Gasteiger partial charge in [-0.3, -0.25) is 0 Å². The van der Waals surface area contributed by atoms with E-state index in [-0.39, 0.29) is 13.4 Å². The number of methoxy groups -OCH3 is 1. The summed E-state index contributed by atoms with van der Waals surface area (Å²) in [6.07, 6.45) is 0. The molecule has 24 heavy (non-hydrogen) atoms. The van der Waals surface area contributed by atoms with E-state index < -0.39 is 5.97 Å². The molecule has 7 heteroatoms. The van der Waals surface area contributed by atoms with Crippen LogP contribution in [0.3, 0.4) is 0 Å². The summed E-state index contributed by atoms with van der Waals surface area (Å²) < 4.78 is 22.0. The summed E-state index contributed by atoms with van der Waals surface area (Å²) in [6.45, 7) is 0.943. The smallest absolute Gasteiger partial charge is 0.337 e. The van der Waals surface area contributed by atoms with Crippen molar-refractivity contribution in [3.8, 4) is 11.5 Å². The van der Waals surface area contributed by atoms with Gasteiger partial charge in [0, 0.05) is 16.1 Å². The number of benzene rings is 2. The molecule has 0 atom stereocenters. The molecule has 0 bridgehead atoms. The van der Waals surface area contributed by atoms with E-state index >= 15 is 0 Å². The zero-order valence-electron chi connectivity index (χ0n) is 12.8. The number of carbonyl (C=O) groups is 1. The Labute approximate surface area is 152 Å². The van der Waals surface area contributed by atoms with E-state index in [1.165, 1.54) is 7.11 Å². The van der Waals surface area contributed by atoms with Crippen LogP contribution in [0, 0.1) is 0 Å². The fourth-order valence-corrected chi connectivity index (χ4v) is 3.14. The summed E-state index contributed by atoms with van der Waals surface area (Å²) in [7, 11) is 1.34. The van der Waals surface area contributed by atoms with E-state index in [1.54, 1.807) is 18.2 Å². The molecule has 0 aliphatic carbocycles. The highest BCUT2D eigenvalue weighted by Crippen LogP contribution is 2.33. The van der Waals surface area contributed by atoms with Gasteiger partial charge in [-0.1, -0.05) is 11.6 Å². The summed E-state index contributed by atoms with van der Waals surface area (Å²) in [5, 5.41) is 0.599. The van der Waals surface area contributed by atoms with Gasteiger partial charge >= 0.3 is 5.97 Å². The fraction of sp³-hybridized carbons (Fsp3) is 0.235. The standard InChI is InChI=1S/C17H14BrClO5/c1-21-17(20)10-2-3-15(14(18)6-10)23-8-12-5-13(19)4-11-7-22-9-24-16(11)12/h2-6H,7-9H2,1H3. The maximum atomic E-state index is 11.5. The molecule has 0 saturated heterocycles. The predicted octanol–water partition coefficient (Wildman–Crippen LogP) is 4.33. The van der Waals surface area contributed by atoms with Crippen LogP contribution in [-0.4, -0.2) is 19.9 Å². The molecule has 0 saturated carbocycles. The van der Waals surface area contributed by atoms with Crippen molar-refractivity contribution >= 4 is 33.5 Å². The number of esters is 1. The van der Waals surface area contributed by atoms with Gasteiger partial charge in [0.15, 0.2) is 6.79 Å². The molecular formula is C17H14BrClO5. The fourth-order valence-electron chi connectivity index (χ4n) is 2.38. The van der Waals surface area contributed by atoms with E-state index in [0.29, 0.717) is 27.4 Å². The first-order valence-corrected chi connectivity index (χ1v) is 8.28. The van der Waals surface area contributed by atoms with Crippen LogP contribution in [0.2, 0.25) is 5.02 Å². The van der Waals surface area contributed by atoms with Crippen LogP contribution in [0.4, 0.5) is 0 Å². The Morgan fingerprint density at radius 2 is 2.17 bits per heavy atom. The number of hydrogen-bond donors (Lipinski definition) is 0. The molecule has 2 aromatic carbocycles. The van der Waals surface area contributed by atoms with E-state index in [0.717, 1.165) is 16.9 Å². The lowest BCUT2D eigenvalue weighted by Gasteiger charge is -2.21. The molecule has 0 N–H and O–H groups in total. The molecule has 126 valence electrons. The van der Waals surface area contributed by atoms with Crippen LogP contribution in [0.25, 0.3) is 0 Å². The highest BCUT2D eigenvalue weighted by Gasteiger charge is 2.17. The van der Waals surface area contributed by atoms with Gasteiger partial charge in [0.25, 0.3) is 0 Å². The van der Waals surface area contributed by atoms with Crippen molar-refractivity contribution < 1.29 is 23.7 Å². The van der Waals surface area contributed by atoms with E-state index in [2.05, 4.69) is 15.9 Å². The minimum atomic E-state index is -0.403. The summed E-state index contributed by atoms with van der Waals surface area (Å²) in [4.78, 5) is 11.5. The van der Waals surface area contributed by atoms with Crippen molar-refractivity contribution in [2.45, 2.75) is 13.2 Å². The topological polar surface area (TPSA) is 54.0 Å². The Kier molecular flexibility index (Phi) is 5.28. The summed E-state index contributed by atoms with van der Waals surface area (Å²) in [6, 6.07) is 8.63. The van der Waals surface area contributed by atoms with Crippen LogP contribution in [-0.2, 0) is 22.7 Å². The molecule has 0 spiro atoms. The Bertz CT molecular complexity index is 778. The zero-order chi connectivity index (χ0) is 17.1. The van der Waals surface area contributed by atoms with Crippen molar-refractivity contribution in [2.75, 3.05) is 13.9 Å². The Morgan fingerprint density at radius 3 is 2.92 bits per heavy atom. The normalized spacial score (nSPS) is 13.0. The monoisotopic (exact) mass is 412 g/mol. The highest BCUT2D eigenvalue weighted by atomic mass is 79.9. The molecular weight excluding hydrogens is 400 g/mol. The first kappa shape index (κ1) is 17.1. The van der Waals surface area contributed by atoms with Crippen LogP contribution in [0.15, 0.2) is 34.8 Å². The average Bonchev–Trinajstić information content (AvgIpc) is 2.59.